The van der Waals surface area contributed by atoms with Crippen molar-refractivity contribution in [2.45, 2.75) is 12.5 Å². The first kappa shape index (κ1) is 15.7. The molecule has 2 nitrogen and oxygen atoms in total. The maximum absolute atomic E-state index is 5.83. The van der Waals surface area contributed by atoms with Crippen molar-refractivity contribution in [3.8, 4) is 0 Å². The zero-order valence-electron chi connectivity index (χ0n) is 13.2. The van der Waals surface area contributed by atoms with E-state index in [1.807, 2.05) is 0 Å². The molecule has 0 radical (unpaired) electrons. The lowest BCUT2D eigenvalue weighted by atomic mass is 9.90. The average molecular weight is 283 g/mol. The number of hydrogen-bond acceptors (Lipinski definition) is 2. The molecule has 0 bridgehead atoms. The molecule has 1 aromatic carbocycles. The molecule has 2 rings (SSSR count). The molecule has 0 saturated carbocycles. The van der Waals surface area contributed by atoms with Crippen LogP contribution in [0.2, 0.25) is 0 Å². The van der Waals surface area contributed by atoms with E-state index in [-0.39, 0.29) is 12.0 Å². The van der Waals surface area contributed by atoms with Crippen LogP contribution in [0, 0.1) is 5.92 Å². The molecule has 1 aliphatic carbocycles. The minimum Gasteiger partial charge on any atom is -0.376 e. The lowest BCUT2D eigenvalue weighted by molar-refractivity contribution is 0.0819. The van der Waals surface area contributed by atoms with E-state index in [0.717, 1.165) is 13.0 Å². The molecule has 1 aromatic rings. The van der Waals surface area contributed by atoms with Gasteiger partial charge in [-0.25, -0.2) is 0 Å². The van der Waals surface area contributed by atoms with Crippen molar-refractivity contribution >= 4 is 0 Å². The van der Waals surface area contributed by atoms with Crippen molar-refractivity contribution in [2.24, 2.45) is 5.92 Å². The monoisotopic (exact) mass is 283 g/mol. The average Bonchev–Trinajstić information content (AvgIpc) is 2.76. The van der Waals surface area contributed by atoms with Crippen LogP contribution in [0.3, 0.4) is 0 Å². The number of methoxy groups -OCH3 is 1. The van der Waals surface area contributed by atoms with E-state index in [1.165, 1.54) is 11.1 Å². The molecular formula is C19H25NO. The molecule has 1 aliphatic rings. The highest BCUT2D eigenvalue weighted by Gasteiger charge is 2.21. The first-order chi connectivity index (χ1) is 10.2. The molecule has 2 heteroatoms. The standard InChI is InChI=1S/C19H25NO/c1-20(2)15-14-16-10-8-9-13-18(16)19(21-3)17-11-6-4-5-7-12-17/h4-13,17,19H,14-15H2,1-3H3. The largest absolute Gasteiger partial charge is 0.376 e. The first-order valence-corrected chi connectivity index (χ1v) is 7.49. The fraction of sp³-hybridized carbons (Fsp3) is 0.368. The van der Waals surface area contributed by atoms with Crippen LogP contribution in [-0.2, 0) is 11.2 Å². The fourth-order valence-corrected chi connectivity index (χ4v) is 2.65. The van der Waals surface area contributed by atoms with Crippen LogP contribution >= 0.6 is 0 Å². The van der Waals surface area contributed by atoms with Gasteiger partial charge in [0.05, 0.1) is 6.10 Å². The van der Waals surface area contributed by atoms with E-state index in [2.05, 4.69) is 79.7 Å². The number of allylic oxidation sites excluding steroid dienone is 4. The van der Waals surface area contributed by atoms with Gasteiger partial charge in [0.15, 0.2) is 0 Å². The number of benzene rings is 1. The Hall–Kier alpha value is -1.64. The molecular weight excluding hydrogens is 258 g/mol. The number of nitrogens with zero attached hydrogens (tertiary/aromatic N) is 1. The third-order valence-electron chi connectivity index (χ3n) is 3.79. The van der Waals surface area contributed by atoms with Crippen molar-refractivity contribution in [1.82, 2.24) is 4.90 Å². The van der Waals surface area contributed by atoms with Crippen molar-refractivity contribution < 1.29 is 4.74 Å². The van der Waals surface area contributed by atoms with E-state index in [9.17, 15) is 0 Å². The second-order valence-electron chi connectivity index (χ2n) is 5.64. The highest BCUT2D eigenvalue weighted by Crippen LogP contribution is 2.31. The van der Waals surface area contributed by atoms with E-state index in [0.29, 0.717) is 0 Å². The molecule has 0 N–H and O–H groups in total. The highest BCUT2D eigenvalue weighted by atomic mass is 16.5. The second-order valence-corrected chi connectivity index (χ2v) is 5.64. The second kappa shape index (κ2) is 7.96. The summed E-state index contributed by atoms with van der Waals surface area (Å²) in [5.41, 5.74) is 2.67. The number of likely N-dealkylation sites (N-methyl/N-ethyl adjacent to an activating group) is 1. The third-order valence-corrected chi connectivity index (χ3v) is 3.79. The van der Waals surface area contributed by atoms with Crippen LogP contribution in [0.25, 0.3) is 0 Å². The van der Waals surface area contributed by atoms with Gasteiger partial charge in [0.2, 0.25) is 0 Å². The van der Waals surface area contributed by atoms with Gasteiger partial charge in [-0.15, -0.1) is 0 Å². The molecule has 0 aliphatic heterocycles. The van der Waals surface area contributed by atoms with Gasteiger partial charge < -0.3 is 9.64 Å². The zero-order chi connectivity index (χ0) is 15.1. The number of ether oxygens (including phenoxy) is 1. The van der Waals surface area contributed by atoms with Gasteiger partial charge in [0.1, 0.15) is 0 Å². The molecule has 112 valence electrons. The highest BCUT2D eigenvalue weighted by molar-refractivity contribution is 5.33. The Bertz CT molecular complexity index is 512. The summed E-state index contributed by atoms with van der Waals surface area (Å²) in [6, 6.07) is 8.62. The minimum atomic E-state index is 0.0655. The van der Waals surface area contributed by atoms with E-state index >= 15 is 0 Å². The smallest absolute Gasteiger partial charge is 0.0921 e. The van der Waals surface area contributed by atoms with E-state index in [4.69, 9.17) is 4.74 Å². The third kappa shape index (κ3) is 4.42. The van der Waals surface area contributed by atoms with Gasteiger partial charge in [0.25, 0.3) is 0 Å². The molecule has 0 spiro atoms. The zero-order valence-corrected chi connectivity index (χ0v) is 13.2. The predicted octanol–water partition coefficient (Wildman–Crippen LogP) is 3.78. The number of rotatable bonds is 6. The van der Waals surface area contributed by atoms with Gasteiger partial charge in [-0.1, -0.05) is 60.7 Å². The lowest BCUT2D eigenvalue weighted by Gasteiger charge is -2.24. The molecule has 0 amide bonds. The molecule has 21 heavy (non-hydrogen) atoms. The number of hydrogen-bond donors (Lipinski definition) is 0. The van der Waals surface area contributed by atoms with Crippen LogP contribution in [-0.4, -0.2) is 32.6 Å². The molecule has 0 saturated heterocycles. The van der Waals surface area contributed by atoms with Gasteiger partial charge in [-0.3, -0.25) is 0 Å². The van der Waals surface area contributed by atoms with Crippen molar-refractivity contribution in [2.75, 3.05) is 27.7 Å². The summed E-state index contributed by atoms with van der Waals surface area (Å²) in [6.07, 6.45) is 13.8. The minimum absolute atomic E-state index is 0.0655. The molecule has 0 aromatic heterocycles. The SMILES string of the molecule is COC(c1ccccc1CCN(C)C)C1C=CC=CC=C1. The summed E-state index contributed by atoms with van der Waals surface area (Å²) >= 11 is 0. The summed E-state index contributed by atoms with van der Waals surface area (Å²) in [7, 11) is 6.02. The lowest BCUT2D eigenvalue weighted by Crippen LogP contribution is -2.18. The topological polar surface area (TPSA) is 12.5 Å². The van der Waals surface area contributed by atoms with Crippen LogP contribution < -0.4 is 0 Å². The Morgan fingerprint density at radius 1 is 1.05 bits per heavy atom. The predicted molar refractivity (Wildman–Crippen MR) is 89.4 cm³/mol. The van der Waals surface area contributed by atoms with Gasteiger partial charge in [0, 0.05) is 19.6 Å². The maximum Gasteiger partial charge on any atom is 0.0921 e. The van der Waals surface area contributed by atoms with Crippen LogP contribution in [0.5, 0.6) is 0 Å². The summed E-state index contributed by atoms with van der Waals surface area (Å²) < 4.78 is 5.83. The van der Waals surface area contributed by atoms with Gasteiger partial charge >= 0.3 is 0 Å². The Kier molecular flexibility index (Phi) is 5.97. The molecule has 0 heterocycles. The van der Waals surface area contributed by atoms with Gasteiger partial charge in [-0.05, 0) is 31.6 Å². The maximum atomic E-state index is 5.83. The van der Waals surface area contributed by atoms with Crippen LogP contribution in [0.4, 0.5) is 0 Å². The summed E-state index contributed by atoms with van der Waals surface area (Å²) in [4.78, 5) is 2.22. The first-order valence-electron chi connectivity index (χ1n) is 7.49. The van der Waals surface area contributed by atoms with E-state index < -0.39 is 0 Å². The Balaban J connectivity index is 2.25. The van der Waals surface area contributed by atoms with Crippen LogP contribution in [0.1, 0.15) is 17.2 Å². The van der Waals surface area contributed by atoms with E-state index in [1.54, 1.807) is 7.11 Å². The summed E-state index contributed by atoms with van der Waals surface area (Å²) in [5, 5.41) is 0. The van der Waals surface area contributed by atoms with Crippen molar-refractivity contribution in [3.63, 3.8) is 0 Å². The molecule has 1 atom stereocenters. The molecule has 0 fully saturated rings. The Morgan fingerprint density at radius 2 is 1.71 bits per heavy atom. The van der Waals surface area contributed by atoms with Crippen LogP contribution in [0.15, 0.2) is 60.7 Å². The summed E-state index contributed by atoms with van der Waals surface area (Å²) in [6.45, 7) is 1.05. The van der Waals surface area contributed by atoms with Gasteiger partial charge in [-0.2, -0.15) is 0 Å². The van der Waals surface area contributed by atoms with Crippen molar-refractivity contribution in [1.29, 1.82) is 0 Å². The van der Waals surface area contributed by atoms with Crippen molar-refractivity contribution in [3.05, 3.63) is 71.8 Å². The quantitative estimate of drug-likeness (QED) is 0.788. The Labute approximate surface area is 128 Å². The molecule has 1 unspecified atom stereocenters. The normalized spacial score (nSPS) is 16.4. The Morgan fingerprint density at radius 3 is 2.33 bits per heavy atom. The summed E-state index contributed by atoms with van der Waals surface area (Å²) in [5.74, 6) is 0.269. The fourth-order valence-electron chi connectivity index (χ4n) is 2.65.